The van der Waals surface area contributed by atoms with Gasteiger partial charge in [-0.3, -0.25) is 4.79 Å². The smallest absolute Gasteiger partial charge is 0.275 e. The third-order valence-electron chi connectivity index (χ3n) is 3.31. The third-order valence-corrected chi connectivity index (χ3v) is 3.31. The lowest BCUT2D eigenvalue weighted by atomic mass is 10.3. The monoisotopic (exact) mass is 300 g/mol. The zero-order valence-electron chi connectivity index (χ0n) is 13.0. The van der Waals surface area contributed by atoms with Crippen molar-refractivity contribution in [2.75, 3.05) is 30.4 Å². The lowest BCUT2D eigenvalue weighted by Crippen LogP contribution is -2.23. The Hall–Kier alpha value is -2.63. The molecular formula is C16H20N4O2. The predicted octanol–water partition coefficient (Wildman–Crippen LogP) is 2.58. The molecule has 0 radical (unpaired) electrons. The number of ether oxygens (including phenoxy) is 1. The van der Waals surface area contributed by atoms with E-state index in [4.69, 9.17) is 4.74 Å². The van der Waals surface area contributed by atoms with Crippen LogP contribution < -0.4 is 15.0 Å². The molecule has 0 unspecified atom stereocenters. The fourth-order valence-electron chi connectivity index (χ4n) is 2.08. The van der Waals surface area contributed by atoms with E-state index in [9.17, 15) is 4.79 Å². The molecule has 22 heavy (non-hydrogen) atoms. The number of rotatable bonds is 6. The topological polar surface area (TPSA) is 67.4 Å². The van der Waals surface area contributed by atoms with E-state index in [-0.39, 0.29) is 11.6 Å². The van der Waals surface area contributed by atoms with Crippen LogP contribution in [0.15, 0.2) is 36.7 Å². The zero-order valence-corrected chi connectivity index (χ0v) is 13.0. The minimum absolute atomic E-state index is 0.266. The van der Waals surface area contributed by atoms with Crippen LogP contribution >= 0.6 is 0 Å². The molecule has 1 N–H and O–H groups in total. The van der Waals surface area contributed by atoms with Crippen LogP contribution in [0.1, 0.15) is 24.3 Å². The maximum Gasteiger partial charge on any atom is 0.275 e. The number of methoxy groups -OCH3 is 1. The van der Waals surface area contributed by atoms with Crippen LogP contribution in [0.4, 0.5) is 11.5 Å². The Bertz CT molecular complexity index is 624. The number of hydrogen-bond donors (Lipinski definition) is 1. The van der Waals surface area contributed by atoms with E-state index in [1.54, 1.807) is 25.4 Å². The van der Waals surface area contributed by atoms with Crippen molar-refractivity contribution in [3.8, 4) is 5.75 Å². The first-order valence-corrected chi connectivity index (χ1v) is 7.21. The molecule has 0 atom stereocenters. The van der Waals surface area contributed by atoms with Gasteiger partial charge in [0.25, 0.3) is 5.91 Å². The Morgan fingerprint density at radius 3 is 2.50 bits per heavy atom. The Morgan fingerprint density at radius 2 is 1.91 bits per heavy atom. The van der Waals surface area contributed by atoms with Crippen molar-refractivity contribution >= 4 is 17.4 Å². The second-order valence-corrected chi connectivity index (χ2v) is 4.59. The molecule has 0 fully saturated rings. The van der Waals surface area contributed by atoms with Crippen molar-refractivity contribution in [3.05, 3.63) is 42.4 Å². The molecule has 2 aromatic rings. The Kier molecular flexibility index (Phi) is 5.30. The number of carbonyl (C=O) groups excluding carboxylic acids is 1. The van der Waals surface area contributed by atoms with Gasteiger partial charge in [0, 0.05) is 13.1 Å². The first-order valence-electron chi connectivity index (χ1n) is 7.21. The summed E-state index contributed by atoms with van der Waals surface area (Å²) in [6.45, 7) is 5.79. The molecule has 1 amide bonds. The normalized spacial score (nSPS) is 10.1. The van der Waals surface area contributed by atoms with Crippen LogP contribution in [0.25, 0.3) is 0 Å². The van der Waals surface area contributed by atoms with Crippen molar-refractivity contribution < 1.29 is 9.53 Å². The van der Waals surface area contributed by atoms with Crippen molar-refractivity contribution in [1.82, 2.24) is 9.97 Å². The molecular weight excluding hydrogens is 280 g/mol. The number of aromatic nitrogens is 2. The average Bonchev–Trinajstić information content (AvgIpc) is 2.57. The number of anilines is 2. The molecule has 6 nitrogen and oxygen atoms in total. The van der Waals surface area contributed by atoms with Crippen LogP contribution in [0.2, 0.25) is 0 Å². The maximum atomic E-state index is 12.2. The summed E-state index contributed by atoms with van der Waals surface area (Å²) >= 11 is 0. The van der Waals surface area contributed by atoms with E-state index in [2.05, 4.69) is 20.2 Å². The van der Waals surface area contributed by atoms with Gasteiger partial charge in [0.15, 0.2) is 0 Å². The molecule has 0 aliphatic carbocycles. The Morgan fingerprint density at radius 1 is 1.18 bits per heavy atom. The summed E-state index contributed by atoms with van der Waals surface area (Å²) < 4.78 is 5.20. The zero-order chi connectivity index (χ0) is 15.9. The Labute approximate surface area is 130 Å². The number of benzene rings is 1. The quantitative estimate of drug-likeness (QED) is 0.888. The summed E-state index contributed by atoms with van der Waals surface area (Å²) in [5.41, 5.74) is 0.867. The van der Waals surface area contributed by atoms with Gasteiger partial charge in [0.2, 0.25) is 0 Å². The standard InChI is InChI=1S/C16H20N4O2/c1-4-20(5-2)15-11-17-13(10-18-15)16(21)19-12-8-6-7-9-14(12)22-3/h6-11H,4-5H2,1-3H3,(H,19,21). The fourth-order valence-corrected chi connectivity index (χ4v) is 2.08. The first kappa shape index (κ1) is 15.8. The van der Waals surface area contributed by atoms with Crippen molar-refractivity contribution in [2.45, 2.75) is 13.8 Å². The van der Waals surface area contributed by atoms with Crippen molar-refractivity contribution in [2.24, 2.45) is 0 Å². The number of para-hydroxylation sites is 2. The second kappa shape index (κ2) is 7.40. The SMILES string of the molecule is CCN(CC)c1cnc(C(=O)Nc2ccccc2OC)cn1. The summed E-state index contributed by atoms with van der Waals surface area (Å²) in [7, 11) is 1.56. The number of nitrogens with zero attached hydrogens (tertiary/aromatic N) is 3. The molecule has 0 saturated carbocycles. The number of amides is 1. The highest BCUT2D eigenvalue weighted by Crippen LogP contribution is 2.23. The predicted molar refractivity (Wildman–Crippen MR) is 86.5 cm³/mol. The van der Waals surface area contributed by atoms with Gasteiger partial charge in [-0.2, -0.15) is 0 Å². The highest BCUT2D eigenvalue weighted by molar-refractivity contribution is 6.03. The summed E-state index contributed by atoms with van der Waals surface area (Å²) in [6.07, 6.45) is 3.10. The highest BCUT2D eigenvalue weighted by Gasteiger charge is 2.12. The number of nitrogens with one attached hydrogen (secondary N) is 1. The second-order valence-electron chi connectivity index (χ2n) is 4.59. The van der Waals surface area contributed by atoms with Crippen LogP contribution in [-0.2, 0) is 0 Å². The third kappa shape index (κ3) is 3.52. The minimum Gasteiger partial charge on any atom is -0.495 e. The summed E-state index contributed by atoms with van der Waals surface area (Å²) in [4.78, 5) is 22.8. The minimum atomic E-state index is -0.317. The van der Waals surface area contributed by atoms with Gasteiger partial charge in [0.1, 0.15) is 17.3 Å². The first-order chi connectivity index (χ1) is 10.7. The van der Waals surface area contributed by atoms with Gasteiger partial charge in [-0.15, -0.1) is 0 Å². The van der Waals surface area contributed by atoms with E-state index in [1.165, 1.54) is 6.20 Å². The number of carbonyl (C=O) groups is 1. The van der Waals surface area contributed by atoms with Crippen LogP contribution in [0.5, 0.6) is 5.75 Å². The molecule has 116 valence electrons. The van der Waals surface area contributed by atoms with Crippen LogP contribution in [0.3, 0.4) is 0 Å². The fraction of sp³-hybridized carbons (Fsp3) is 0.312. The molecule has 0 spiro atoms. The van der Waals surface area contributed by atoms with Gasteiger partial charge in [0.05, 0.1) is 25.2 Å². The molecule has 0 aliphatic heterocycles. The lowest BCUT2D eigenvalue weighted by Gasteiger charge is -2.19. The van der Waals surface area contributed by atoms with Gasteiger partial charge >= 0.3 is 0 Å². The van der Waals surface area contributed by atoms with E-state index < -0.39 is 0 Å². The van der Waals surface area contributed by atoms with Crippen molar-refractivity contribution in [3.63, 3.8) is 0 Å². The molecule has 0 aliphatic rings. The maximum absolute atomic E-state index is 12.2. The van der Waals surface area contributed by atoms with E-state index in [1.807, 2.05) is 26.0 Å². The van der Waals surface area contributed by atoms with Crippen LogP contribution in [0, 0.1) is 0 Å². The van der Waals surface area contributed by atoms with Crippen LogP contribution in [-0.4, -0.2) is 36.1 Å². The summed E-state index contributed by atoms with van der Waals surface area (Å²) in [6, 6.07) is 7.22. The van der Waals surface area contributed by atoms with Gasteiger partial charge in [-0.05, 0) is 26.0 Å². The molecule has 1 aromatic carbocycles. The molecule has 2 rings (SSSR count). The molecule has 6 heteroatoms. The highest BCUT2D eigenvalue weighted by atomic mass is 16.5. The van der Waals surface area contributed by atoms with E-state index >= 15 is 0 Å². The van der Waals surface area contributed by atoms with Crippen molar-refractivity contribution in [1.29, 1.82) is 0 Å². The number of hydrogen-bond acceptors (Lipinski definition) is 5. The largest absolute Gasteiger partial charge is 0.495 e. The molecule has 0 bridgehead atoms. The molecule has 1 heterocycles. The summed E-state index contributed by atoms with van der Waals surface area (Å²) in [5, 5.41) is 2.77. The Balaban J connectivity index is 2.13. The van der Waals surface area contributed by atoms with Gasteiger partial charge in [-0.1, -0.05) is 12.1 Å². The molecule has 1 aromatic heterocycles. The lowest BCUT2D eigenvalue weighted by molar-refractivity contribution is 0.102. The van der Waals surface area contributed by atoms with Gasteiger partial charge in [-0.25, -0.2) is 9.97 Å². The average molecular weight is 300 g/mol. The van der Waals surface area contributed by atoms with E-state index in [0.717, 1.165) is 18.9 Å². The van der Waals surface area contributed by atoms with E-state index in [0.29, 0.717) is 11.4 Å². The molecule has 0 saturated heterocycles. The van der Waals surface area contributed by atoms with Gasteiger partial charge < -0.3 is 15.0 Å². The summed E-state index contributed by atoms with van der Waals surface area (Å²) in [5.74, 6) is 1.05.